The van der Waals surface area contributed by atoms with E-state index in [-0.39, 0.29) is 18.3 Å². The average Bonchev–Trinajstić information content (AvgIpc) is 2.26. The molecule has 1 heterocycles. The van der Waals surface area contributed by atoms with Crippen LogP contribution in [0.15, 0.2) is 12.4 Å². The first-order chi connectivity index (χ1) is 6.70. The lowest BCUT2D eigenvalue weighted by atomic mass is 10.3. The number of nitrogens with zero attached hydrogens (tertiary/aromatic N) is 4. The predicted octanol–water partition coefficient (Wildman–Crippen LogP) is 0.165. The molecule has 0 saturated carbocycles. The van der Waals surface area contributed by atoms with Crippen molar-refractivity contribution >= 4 is 5.82 Å². The van der Waals surface area contributed by atoms with Gasteiger partial charge in [-0.15, -0.1) is 0 Å². The maximum Gasteiger partial charge on any atom is 0.183 e. The van der Waals surface area contributed by atoms with Gasteiger partial charge in [-0.25, -0.2) is 9.97 Å². The molecular weight excluding hydrogens is 180 g/mol. The summed E-state index contributed by atoms with van der Waals surface area (Å²) in [7, 11) is 1.77. The van der Waals surface area contributed by atoms with E-state index in [9.17, 15) is 0 Å². The molecule has 0 aliphatic heterocycles. The van der Waals surface area contributed by atoms with Crippen LogP contribution in [-0.4, -0.2) is 34.8 Å². The summed E-state index contributed by atoms with van der Waals surface area (Å²) >= 11 is 0. The Balaban J connectivity index is 3.01. The molecule has 1 aromatic rings. The van der Waals surface area contributed by atoms with Crippen LogP contribution in [0, 0.1) is 11.3 Å². The van der Waals surface area contributed by atoms with Crippen LogP contribution in [0.4, 0.5) is 5.82 Å². The van der Waals surface area contributed by atoms with E-state index >= 15 is 0 Å². The third-order valence-electron chi connectivity index (χ3n) is 2.04. The van der Waals surface area contributed by atoms with E-state index in [1.54, 1.807) is 11.9 Å². The van der Waals surface area contributed by atoms with Gasteiger partial charge in [0.25, 0.3) is 0 Å². The van der Waals surface area contributed by atoms with Gasteiger partial charge in [0.15, 0.2) is 11.5 Å². The molecule has 0 bridgehead atoms. The van der Waals surface area contributed by atoms with E-state index in [1.807, 2.05) is 13.0 Å². The lowest BCUT2D eigenvalue weighted by Crippen LogP contribution is -2.33. The largest absolute Gasteiger partial charge is 0.394 e. The van der Waals surface area contributed by atoms with Gasteiger partial charge in [-0.3, -0.25) is 0 Å². The predicted molar refractivity (Wildman–Crippen MR) is 51.7 cm³/mol. The maximum atomic E-state index is 8.96. The number of hydrogen-bond donors (Lipinski definition) is 1. The molecule has 0 aliphatic carbocycles. The molecule has 1 unspecified atom stereocenters. The van der Waals surface area contributed by atoms with E-state index in [2.05, 4.69) is 9.97 Å². The SMILES string of the molecule is CC(CO)N(C)c1nccnc1C#N. The molecule has 1 rings (SSSR count). The topological polar surface area (TPSA) is 73.0 Å². The standard InChI is InChI=1S/C9H12N4O/c1-7(6-14)13(2)9-8(5-10)11-3-4-12-9/h3-4,7,14H,6H2,1-2H3. The fourth-order valence-electron chi connectivity index (χ4n) is 0.999. The van der Waals surface area contributed by atoms with Crippen LogP contribution in [0.5, 0.6) is 0 Å². The minimum absolute atomic E-state index is 0.0118. The summed E-state index contributed by atoms with van der Waals surface area (Å²) in [5.41, 5.74) is 0.273. The van der Waals surface area contributed by atoms with Crippen molar-refractivity contribution in [3.05, 3.63) is 18.1 Å². The molecule has 14 heavy (non-hydrogen) atoms. The number of nitriles is 1. The summed E-state index contributed by atoms with van der Waals surface area (Å²) in [5.74, 6) is 0.497. The Labute approximate surface area is 82.6 Å². The highest BCUT2D eigenvalue weighted by Gasteiger charge is 2.14. The minimum atomic E-state index is -0.0844. The maximum absolute atomic E-state index is 8.96. The van der Waals surface area contributed by atoms with Crippen molar-refractivity contribution < 1.29 is 5.11 Å². The number of aromatic nitrogens is 2. The summed E-state index contributed by atoms with van der Waals surface area (Å²) < 4.78 is 0. The summed E-state index contributed by atoms with van der Waals surface area (Å²) in [6, 6.07) is 1.87. The molecule has 0 fully saturated rings. The van der Waals surface area contributed by atoms with Crippen molar-refractivity contribution in [3.63, 3.8) is 0 Å². The zero-order valence-corrected chi connectivity index (χ0v) is 8.18. The number of likely N-dealkylation sites (N-methyl/N-ethyl adjacent to an activating group) is 1. The summed E-state index contributed by atoms with van der Waals surface area (Å²) in [5, 5.41) is 17.7. The third-order valence-corrected chi connectivity index (χ3v) is 2.04. The van der Waals surface area contributed by atoms with Crippen LogP contribution in [-0.2, 0) is 0 Å². The first kappa shape index (κ1) is 10.4. The van der Waals surface area contributed by atoms with E-state index in [1.165, 1.54) is 12.4 Å². The fraction of sp³-hybridized carbons (Fsp3) is 0.444. The second kappa shape index (κ2) is 4.53. The summed E-state index contributed by atoms with van der Waals surface area (Å²) in [6.07, 6.45) is 3.00. The molecule has 1 aromatic heterocycles. The molecule has 0 saturated heterocycles. The first-order valence-corrected chi connectivity index (χ1v) is 4.25. The Kier molecular flexibility index (Phi) is 3.37. The molecular formula is C9H12N4O. The van der Waals surface area contributed by atoms with E-state index in [0.29, 0.717) is 5.82 Å². The Morgan fingerprint density at radius 2 is 2.21 bits per heavy atom. The van der Waals surface area contributed by atoms with Gasteiger partial charge in [0.1, 0.15) is 6.07 Å². The van der Waals surface area contributed by atoms with E-state index < -0.39 is 0 Å². The molecule has 0 aliphatic rings. The van der Waals surface area contributed by atoms with Gasteiger partial charge in [0, 0.05) is 19.4 Å². The second-order valence-corrected chi connectivity index (χ2v) is 2.98. The van der Waals surface area contributed by atoms with Crippen molar-refractivity contribution in [2.24, 2.45) is 0 Å². The Morgan fingerprint density at radius 3 is 2.79 bits per heavy atom. The van der Waals surface area contributed by atoms with Gasteiger partial charge in [-0.05, 0) is 6.92 Å². The fourth-order valence-corrected chi connectivity index (χ4v) is 0.999. The van der Waals surface area contributed by atoms with E-state index in [0.717, 1.165) is 0 Å². The van der Waals surface area contributed by atoms with E-state index in [4.69, 9.17) is 10.4 Å². The van der Waals surface area contributed by atoms with Crippen LogP contribution in [0.25, 0.3) is 0 Å². The second-order valence-electron chi connectivity index (χ2n) is 2.98. The monoisotopic (exact) mass is 192 g/mol. The number of aliphatic hydroxyl groups excluding tert-OH is 1. The van der Waals surface area contributed by atoms with Gasteiger partial charge >= 0.3 is 0 Å². The molecule has 0 radical (unpaired) electrons. The lowest BCUT2D eigenvalue weighted by molar-refractivity contribution is 0.269. The summed E-state index contributed by atoms with van der Waals surface area (Å²) in [4.78, 5) is 9.66. The van der Waals surface area contributed by atoms with Gasteiger partial charge in [-0.2, -0.15) is 5.26 Å². The number of rotatable bonds is 3. The zero-order valence-electron chi connectivity index (χ0n) is 8.18. The smallest absolute Gasteiger partial charge is 0.183 e. The normalized spacial score (nSPS) is 11.9. The van der Waals surface area contributed by atoms with Crippen molar-refractivity contribution in [1.82, 2.24) is 9.97 Å². The van der Waals surface area contributed by atoms with Gasteiger partial charge in [0.2, 0.25) is 0 Å². The van der Waals surface area contributed by atoms with Crippen molar-refractivity contribution in [2.75, 3.05) is 18.6 Å². The third kappa shape index (κ3) is 1.98. The van der Waals surface area contributed by atoms with Crippen molar-refractivity contribution in [3.8, 4) is 6.07 Å². The highest BCUT2D eigenvalue weighted by atomic mass is 16.3. The minimum Gasteiger partial charge on any atom is -0.394 e. The number of anilines is 1. The Bertz CT molecular complexity index is 347. The van der Waals surface area contributed by atoms with Crippen molar-refractivity contribution in [2.45, 2.75) is 13.0 Å². The van der Waals surface area contributed by atoms with Crippen LogP contribution in [0.3, 0.4) is 0 Å². The van der Waals surface area contributed by atoms with Gasteiger partial charge in [-0.1, -0.05) is 0 Å². The first-order valence-electron chi connectivity index (χ1n) is 4.25. The van der Waals surface area contributed by atoms with Crippen LogP contribution < -0.4 is 4.90 Å². The quantitative estimate of drug-likeness (QED) is 0.738. The molecule has 0 spiro atoms. The molecule has 0 amide bonds. The molecule has 0 aromatic carbocycles. The van der Waals surface area contributed by atoms with Crippen molar-refractivity contribution in [1.29, 1.82) is 5.26 Å². The Morgan fingerprint density at radius 1 is 1.57 bits per heavy atom. The highest BCUT2D eigenvalue weighted by molar-refractivity contribution is 5.49. The van der Waals surface area contributed by atoms with Crippen LogP contribution in [0.1, 0.15) is 12.6 Å². The van der Waals surface area contributed by atoms with Crippen LogP contribution >= 0.6 is 0 Å². The molecule has 5 heteroatoms. The molecule has 74 valence electrons. The van der Waals surface area contributed by atoms with Gasteiger partial charge < -0.3 is 10.0 Å². The molecule has 1 atom stereocenters. The average molecular weight is 192 g/mol. The zero-order chi connectivity index (χ0) is 10.6. The molecule has 1 N–H and O–H groups in total. The number of aliphatic hydroxyl groups is 1. The van der Waals surface area contributed by atoms with Crippen LogP contribution in [0.2, 0.25) is 0 Å². The number of hydrogen-bond acceptors (Lipinski definition) is 5. The highest BCUT2D eigenvalue weighted by Crippen LogP contribution is 2.14. The summed E-state index contributed by atoms with van der Waals surface area (Å²) in [6.45, 7) is 1.85. The lowest BCUT2D eigenvalue weighted by Gasteiger charge is -2.24. The van der Waals surface area contributed by atoms with Gasteiger partial charge in [0.05, 0.1) is 12.6 Å². The molecule has 5 nitrogen and oxygen atoms in total. The Hall–Kier alpha value is -1.67.